The molecule has 1 unspecified atom stereocenters. The quantitative estimate of drug-likeness (QED) is 0.721. The van der Waals surface area contributed by atoms with Crippen molar-refractivity contribution in [1.29, 1.82) is 0 Å². The monoisotopic (exact) mass is 184 g/mol. The minimum Gasteiger partial charge on any atom is -0.396 e. The molecule has 0 radical (unpaired) electrons. The van der Waals surface area contributed by atoms with Gasteiger partial charge in [-0.2, -0.15) is 5.10 Å². The third kappa shape index (κ3) is 2.29. The van der Waals surface area contributed by atoms with Crippen LogP contribution in [0.5, 0.6) is 0 Å². The minimum atomic E-state index is -0.605. The van der Waals surface area contributed by atoms with E-state index < -0.39 is 6.10 Å². The molecule has 0 saturated heterocycles. The van der Waals surface area contributed by atoms with Crippen molar-refractivity contribution in [3.8, 4) is 0 Å². The molecule has 1 rings (SSSR count). The van der Waals surface area contributed by atoms with Crippen LogP contribution >= 0.6 is 0 Å². The average Bonchev–Trinajstić information content (AvgIpc) is 2.47. The molecule has 4 nitrogen and oxygen atoms in total. The standard InChI is InChI=1S/C9H16N2O2/c1-3-11-8(6-7(2)10-11)9(13)4-5-12/h6,9,12-13H,3-5H2,1-2H3. The van der Waals surface area contributed by atoms with Gasteiger partial charge in [-0.3, -0.25) is 4.68 Å². The topological polar surface area (TPSA) is 58.3 Å². The zero-order valence-corrected chi connectivity index (χ0v) is 8.06. The van der Waals surface area contributed by atoms with Crippen molar-refractivity contribution in [1.82, 2.24) is 9.78 Å². The van der Waals surface area contributed by atoms with Crippen molar-refractivity contribution in [2.24, 2.45) is 0 Å². The lowest BCUT2D eigenvalue weighted by atomic mass is 10.2. The van der Waals surface area contributed by atoms with Crippen molar-refractivity contribution < 1.29 is 10.2 Å². The highest BCUT2D eigenvalue weighted by molar-refractivity contribution is 5.11. The van der Waals surface area contributed by atoms with E-state index >= 15 is 0 Å². The van der Waals surface area contributed by atoms with Crippen LogP contribution < -0.4 is 0 Å². The van der Waals surface area contributed by atoms with Gasteiger partial charge in [0.1, 0.15) is 0 Å². The summed E-state index contributed by atoms with van der Waals surface area (Å²) in [6.07, 6.45) is -0.239. The van der Waals surface area contributed by atoms with Crippen molar-refractivity contribution in [3.05, 3.63) is 17.5 Å². The molecule has 0 aliphatic rings. The van der Waals surface area contributed by atoms with Crippen LogP contribution in [0.2, 0.25) is 0 Å². The number of aliphatic hydroxyl groups is 2. The van der Waals surface area contributed by atoms with Gasteiger partial charge in [0.15, 0.2) is 0 Å². The second-order valence-corrected chi connectivity index (χ2v) is 3.05. The van der Waals surface area contributed by atoms with Gasteiger partial charge in [-0.25, -0.2) is 0 Å². The molecule has 0 bridgehead atoms. The molecule has 1 atom stereocenters. The van der Waals surface area contributed by atoms with E-state index in [2.05, 4.69) is 5.10 Å². The maximum Gasteiger partial charge on any atom is 0.0978 e. The summed E-state index contributed by atoms with van der Waals surface area (Å²) >= 11 is 0. The van der Waals surface area contributed by atoms with Gasteiger partial charge in [-0.15, -0.1) is 0 Å². The molecule has 74 valence electrons. The van der Waals surface area contributed by atoms with Crippen LogP contribution in [0.3, 0.4) is 0 Å². The van der Waals surface area contributed by atoms with Crippen molar-refractivity contribution in [2.75, 3.05) is 6.61 Å². The largest absolute Gasteiger partial charge is 0.396 e. The predicted molar refractivity (Wildman–Crippen MR) is 49.3 cm³/mol. The first-order valence-electron chi connectivity index (χ1n) is 4.52. The van der Waals surface area contributed by atoms with E-state index in [1.807, 2.05) is 19.9 Å². The van der Waals surface area contributed by atoms with Crippen LogP contribution in [0, 0.1) is 6.92 Å². The van der Waals surface area contributed by atoms with Crippen LogP contribution in [0.1, 0.15) is 30.8 Å². The average molecular weight is 184 g/mol. The summed E-state index contributed by atoms with van der Waals surface area (Å²) in [6.45, 7) is 4.60. The van der Waals surface area contributed by atoms with Gasteiger partial charge in [-0.05, 0) is 19.9 Å². The Labute approximate surface area is 77.8 Å². The normalized spacial score (nSPS) is 13.2. The van der Waals surface area contributed by atoms with E-state index in [0.29, 0.717) is 6.42 Å². The third-order valence-electron chi connectivity index (χ3n) is 1.98. The van der Waals surface area contributed by atoms with E-state index in [1.54, 1.807) is 4.68 Å². The first-order chi connectivity index (χ1) is 6.19. The van der Waals surface area contributed by atoms with Gasteiger partial charge in [-0.1, -0.05) is 0 Å². The fraction of sp³-hybridized carbons (Fsp3) is 0.667. The Kier molecular flexibility index (Phi) is 3.45. The molecule has 4 heteroatoms. The highest BCUT2D eigenvalue weighted by Crippen LogP contribution is 2.17. The first-order valence-corrected chi connectivity index (χ1v) is 4.52. The second-order valence-electron chi connectivity index (χ2n) is 3.05. The van der Waals surface area contributed by atoms with Crippen LogP contribution in [0.25, 0.3) is 0 Å². The highest BCUT2D eigenvalue weighted by Gasteiger charge is 2.12. The molecule has 0 aliphatic heterocycles. The molecule has 0 spiro atoms. The molecule has 0 saturated carbocycles. The van der Waals surface area contributed by atoms with Gasteiger partial charge in [0.2, 0.25) is 0 Å². The number of hydrogen-bond donors (Lipinski definition) is 2. The summed E-state index contributed by atoms with van der Waals surface area (Å²) in [5, 5.41) is 22.5. The lowest BCUT2D eigenvalue weighted by molar-refractivity contribution is 0.126. The van der Waals surface area contributed by atoms with Crippen molar-refractivity contribution in [2.45, 2.75) is 32.9 Å². The number of rotatable bonds is 4. The molecule has 1 aromatic rings. The summed E-state index contributed by atoms with van der Waals surface area (Å²) in [5.74, 6) is 0. The maximum absolute atomic E-state index is 9.62. The summed E-state index contributed by atoms with van der Waals surface area (Å²) < 4.78 is 1.76. The molecule has 0 aliphatic carbocycles. The number of nitrogens with zero attached hydrogens (tertiary/aromatic N) is 2. The Bertz CT molecular complexity index is 271. The Morgan fingerprint density at radius 2 is 2.31 bits per heavy atom. The van der Waals surface area contributed by atoms with E-state index in [1.165, 1.54) is 0 Å². The Morgan fingerprint density at radius 1 is 1.62 bits per heavy atom. The summed E-state index contributed by atoms with van der Waals surface area (Å²) in [5.41, 5.74) is 1.68. The molecule has 13 heavy (non-hydrogen) atoms. The zero-order chi connectivity index (χ0) is 9.84. The third-order valence-corrected chi connectivity index (χ3v) is 1.98. The fourth-order valence-electron chi connectivity index (χ4n) is 1.36. The van der Waals surface area contributed by atoms with Crippen molar-refractivity contribution in [3.63, 3.8) is 0 Å². The molecule has 0 fully saturated rings. The molecular weight excluding hydrogens is 168 g/mol. The van der Waals surface area contributed by atoms with Gasteiger partial charge in [0, 0.05) is 19.6 Å². The van der Waals surface area contributed by atoms with Gasteiger partial charge in [0.25, 0.3) is 0 Å². The highest BCUT2D eigenvalue weighted by atomic mass is 16.3. The van der Waals surface area contributed by atoms with E-state index in [-0.39, 0.29) is 6.61 Å². The van der Waals surface area contributed by atoms with Crippen LogP contribution in [0.4, 0.5) is 0 Å². The van der Waals surface area contributed by atoms with Crippen molar-refractivity contribution >= 4 is 0 Å². The van der Waals surface area contributed by atoms with Gasteiger partial charge >= 0.3 is 0 Å². The van der Waals surface area contributed by atoms with E-state index in [0.717, 1.165) is 17.9 Å². The number of aliphatic hydroxyl groups excluding tert-OH is 2. The van der Waals surface area contributed by atoms with E-state index in [4.69, 9.17) is 5.11 Å². The number of aryl methyl sites for hydroxylation is 2. The van der Waals surface area contributed by atoms with Crippen LogP contribution in [-0.2, 0) is 6.54 Å². The van der Waals surface area contributed by atoms with Crippen LogP contribution in [-0.4, -0.2) is 26.6 Å². The summed E-state index contributed by atoms with van der Waals surface area (Å²) in [7, 11) is 0. The smallest absolute Gasteiger partial charge is 0.0978 e. The van der Waals surface area contributed by atoms with Gasteiger partial charge < -0.3 is 10.2 Å². The molecule has 1 aromatic heterocycles. The van der Waals surface area contributed by atoms with Crippen LogP contribution in [0.15, 0.2) is 6.07 Å². The number of aromatic nitrogens is 2. The maximum atomic E-state index is 9.62. The lowest BCUT2D eigenvalue weighted by Crippen LogP contribution is -2.09. The Hall–Kier alpha value is -0.870. The fourth-order valence-corrected chi connectivity index (χ4v) is 1.36. The molecular formula is C9H16N2O2. The van der Waals surface area contributed by atoms with E-state index in [9.17, 15) is 5.11 Å². The first kappa shape index (κ1) is 10.2. The molecule has 0 aromatic carbocycles. The molecule has 0 amide bonds. The lowest BCUT2D eigenvalue weighted by Gasteiger charge is -2.10. The SMILES string of the molecule is CCn1nc(C)cc1C(O)CCO. The second kappa shape index (κ2) is 4.39. The molecule has 1 heterocycles. The zero-order valence-electron chi connectivity index (χ0n) is 8.06. The Balaban J connectivity index is 2.84. The number of hydrogen-bond acceptors (Lipinski definition) is 3. The predicted octanol–water partition coefficient (Wildman–Crippen LogP) is 0.627. The summed E-state index contributed by atoms with van der Waals surface area (Å²) in [4.78, 5) is 0. The Morgan fingerprint density at radius 3 is 2.85 bits per heavy atom. The minimum absolute atomic E-state index is 0.00485. The van der Waals surface area contributed by atoms with Gasteiger partial charge in [0.05, 0.1) is 17.5 Å². The summed E-state index contributed by atoms with van der Waals surface area (Å²) in [6, 6.07) is 1.85. The molecule has 2 N–H and O–H groups in total.